The summed E-state index contributed by atoms with van der Waals surface area (Å²) < 4.78 is 17.2. The van der Waals surface area contributed by atoms with Crippen molar-refractivity contribution in [3.8, 4) is 23.0 Å². The lowest BCUT2D eigenvalue weighted by molar-refractivity contribution is -0.151. The van der Waals surface area contributed by atoms with E-state index in [9.17, 15) is 28.8 Å². The van der Waals surface area contributed by atoms with Gasteiger partial charge in [0.1, 0.15) is 47.8 Å². The minimum Gasteiger partial charge on any atom is -0.497 e. The van der Waals surface area contributed by atoms with Crippen LogP contribution in [0.15, 0.2) is 90.0 Å². The fraction of sp³-hybridized carbons (Fsp3) is 0.451. The summed E-state index contributed by atoms with van der Waals surface area (Å²) >= 11 is 0. The number of carbonyl (C=O) groups excluding carboxylic acids is 6. The number of rotatable bonds is 9. The largest absolute Gasteiger partial charge is 0.497 e. The summed E-state index contributed by atoms with van der Waals surface area (Å²) in [7, 11) is 7.56. The second kappa shape index (κ2) is 22.5. The highest BCUT2D eigenvalue weighted by Gasteiger charge is 2.40. The summed E-state index contributed by atoms with van der Waals surface area (Å²) in [6.45, 7) is 10.7. The first-order chi connectivity index (χ1) is 31.3. The Morgan fingerprint density at radius 2 is 1.29 bits per heavy atom. The second-order valence-corrected chi connectivity index (χ2v) is 17.6. The normalized spacial score (nSPS) is 22.8. The van der Waals surface area contributed by atoms with E-state index in [1.54, 1.807) is 87.7 Å². The van der Waals surface area contributed by atoms with E-state index in [2.05, 4.69) is 16.7 Å². The Morgan fingerprint density at radius 3 is 1.92 bits per heavy atom. The van der Waals surface area contributed by atoms with Gasteiger partial charge < -0.3 is 44.4 Å². The van der Waals surface area contributed by atoms with Crippen molar-refractivity contribution in [2.75, 3.05) is 41.9 Å². The number of nitrogens with one attached hydrogen (secondary N) is 2. The number of allylic oxidation sites excluding steroid dienone is 3. The fourth-order valence-corrected chi connectivity index (χ4v) is 8.19. The molecule has 3 aliphatic rings. The van der Waals surface area contributed by atoms with Gasteiger partial charge in [0.2, 0.25) is 35.4 Å². The minimum absolute atomic E-state index is 0.00361. The van der Waals surface area contributed by atoms with Gasteiger partial charge in [-0.05, 0) is 107 Å². The molecule has 1 fully saturated rings. The molecule has 15 heteroatoms. The Labute approximate surface area is 389 Å². The summed E-state index contributed by atoms with van der Waals surface area (Å²) in [5.74, 6) is -1.46. The van der Waals surface area contributed by atoms with Crippen LogP contribution < -0.4 is 24.8 Å². The van der Waals surface area contributed by atoms with Crippen LogP contribution in [0.4, 0.5) is 0 Å². The van der Waals surface area contributed by atoms with Crippen LogP contribution in [0.3, 0.4) is 0 Å². The number of amides is 6. The van der Waals surface area contributed by atoms with E-state index in [0.29, 0.717) is 39.7 Å². The highest BCUT2D eigenvalue weighted by atomic mass is 16.5. The van der Waals surface area contributed by atoms with Gasteiger partial charge in [-0.2, -0.15) is 0 Å². The van der Waals surface area contributed by atoms with E-state index in [4.69, 9.17) is 14.2 Å². The fourth-order valence-electron chi connectivity index (χ4n) is 8.19. The zero-order valence-electron chi connectivity index (χ0n) is 40.2. The lowest BCUT2D eigenvalue weighted by atomic mass is 9.98. The molecule has 6 atom stereocenters. The molecule has 0 unspecified atom stereocenters. The highest BCUT2D eigenvalue weighted by molar-refractivity contribution is 5.98. The molecule has 15 nitrogen and oxygen atoms in total. The maximum atomic E-state index is 15.0. The average molecular weight is 907 g/mol. The van der Waals surface area contributed by atoms with Crippen LogP contribution in [0.1, 0.15) is 71.1 Å². The molecule has 0 aromatic heterocycles. The number of benzene rings is 3. The zero-order valence-corrected chi connectivity index (χ0v) is 40.2. The Morgan fingerprint density at radius 1 is 0.682 bits per heavy atom. The lowest BCUT2D eigenvalue weighted by Gasteiger charge is -2.38. The Kier molecular flexibility index (Phi) is 17.2. The molecule has 0 saturated carbocycles. The smallest absolute Gasteiger partial charge is 0.246 e. The quantitative estimate of drug-likeness (QED) is 0.273. The first-order valence-electron chi connectivity index (χ1n) is 22.4. The maximum Gasteiger partial charge on any atom is 0.246 e. The van der Waals surface area contributed by atoms with Gasteiger partial charge in [0, 0.05) is 47.0 Å². The molecule has 3 aromatic carbocycles. The van der Waals surface area contributed by atoms with E-state index in [1.807, 2.05) is 26.8 Å². The third kappa shape index (κ3) is 12.4. The molecule has 6 bridgehead atoms. The predicted molar refractivity (Wildman–Crippen MR) is 252 cm³/mol. The van der Waals surface area contributed by atoms with Gasteiger partial charge in [-0.3, -0.25) is 28.8 Å². The number of hydrogen-bond acceptors (Lipinski definition) is 9. The maximum absolute atomic E-state index is 15.0. The van der Waals surface area contributed by atoms with E-state index in [-0.39, 0.29) is 25.8 Å². The minimum atomic E-state index is -1.19. The molecule has 3 aliphatic heterocycles. The van der Waals surface area contributed by atoms with Crippen molar-refractivity contribution >= 4 is 35.4 Å². The van der Waals surface area contributed by atoms with Crippen LogP contribution in [0.2, 0.25) is 0 Å². The van der Waals surface area contributed by atoms with E-state index in [1.165, 1.54) is 60.3 Å². The van der Waals surface area contributed by atoms with Crippen LogP contribution in [0.5, 0.6) is 23.0 Å². The number of nitrogens with zero attached hydrogens (tertiary/aromatic N) is 4. The number of likely N-dealkylation sites (N-methyl/N-ethyl adjacent to an activating group) is 3. The van der Waals surface area contributed by atoms with Crippen molar-refractivity contribution in [3.63, 3.8) is 0 Å². The van der Waals surface area contributed by atoms with Crippen molar-refractivity contribution in [2.45, 2.75) is 110 Å². The van der Waals surface area contributed by atoms with Gasteiger partial charge in [0.25, 0.3) is 0 Å². The molecule has 0 spiro atoms. The lowest BCUT2D eigenvalue weighted by Crippen LogP contribution is -2.62. The van der Waals surface area contributed by atoms with Gasteiger partial charge in [-0.1, -0.05) is 53.6 Å². The van der Waals surface area contributed by atoms with Gasteiger partial charge >= 0.3 is 0 Å². The molecule has 3 heterocycles. The van der Waals surface area contributed by atoms with Gasteiger partial charge in [0.15, 0.2) is 11.5 Å². The Hall–Kier alpha value is -6.64. The summed E-state index contributed by atoms with van der Waals surface area (Å²) in [5, 5.41) is 5.72. The monoisotopic (exact) mass is 906 g/mol. The molecule has 66 heavy (non-hydrogen) atoms. The molecule has 2 N–H and O–H groups in total. The van der Waals surface area contributed by atoms with E-state index < -0.39 is 71.7 Å². The van der Waals surface area contributed by atoms with Crippen molar-refractivity contribution in [1.29, 1.82) is 0 Å². The van der Waals surface area contributed by atoms with Crippen molar-refractivity contribution < 1.29 is 43.0 Å². The standard InChI is InChI=1S/C51H66N6O9/c1-31(2)13-12-14-32(3)25-26-57-35(6)50(62)54(7)41(27-36-15-20-39(64-10)21-16-36)46(58)52-33(4)48(60)56(9)43-28-37-17-22-40(23-18-37)66-45-30-38(19-24-44(45)65-11)29-42(55(8)51(43)63)47(59)53-34(5)49(57)61/h13,15-25,30,33-35,41-43H,12,14,26-29H2,1-11H3,(H,52,58)(H,53,59)/b32-25+/t33-,34+,35-,41-,42-,43-/m0/s1. The summed E-state index contributed by atoms with van der Waals surface area (Å²) in [4.78, 5) is 93.4. The third-order valence-corrected chi connectivity index (χ3v) is 12.5. The number of ether oxygens (including phenoxy) is 3. The van der Waals surface area contributed by atoms with E-state index >= 15 is 0 Å². The average Bonchev–Trinajstić information content (AvgIpc) is 3.30. The zero-order chi connectivity index (χ0) is 48.4. The molecular formula is C51H66N6O9. The van der Waals surface area contributed by atoms with Crippen molar-refractivity contribution in [3.05, 3.63) is 107 Å². The highest BCUT2D eigenvalue weighted by Crippen LogP contribution is 2.34. The van der Waals surface area contributed by atoms with Crippen molar-refractivity contribution in [1.82, 2.24) is 30.2 Å². The first-order valence-corrected chi connectivity index (χ1v) is 22.4. The molecule has 0 radical (unpaired) electrons. The van der Waals surface area contributed by atoms with Crippen LogP contribution in [-0.2, 0) is 48.0 Å². The summed E-state index contributed by atoms with van der Waals surface area (Å²) in [6, 6.07) is 12.5. The number of methoxy groups -OCH3 is 2. The number of fused-ring (bicyclic) bond motifs is 2. The predicted octanol–water partition coefficient (Wildman–Crippen LogP) is 5.25. The number of carbonyl (C=O) groups is 6. The third-order valence-electron chi connectivity index (χ3n) is 12.5. The molecule has 1 saturated heterocycles. The van der Waals surface area contributed by atoms with Crippen LogP contribution in [-0.4, -0.2) is 133 Å². The SMILES string of the molecule is COc1ccc(C[C@H]2C(=O)N[C@@H](C)C(=O)N(C)[C@H]3Cc4ccc(cc4)Oc4cc(ccc4OC)C[C@@H](C(=O)N[C@H](C)C(=O)N(C/C=C(\C)CCC=C(C)C)[C@@H](C)C(=O)N2C)N(C)C3=O)cc1. The Bertz CT molecular complexity index is 2310. The Balaban J connectivity index is 1.64. The van der Waals surface area contributed by atoms with Gasteiger partial charge in [0.05, 0.1) is 14.2 Å². The summed E-state index contributed by atoms with van der Waals surface area (Å²) in [6.07, 6.45) is 5.66. The molecular weight excluding hydrogens is 841 g/mol. The van der Waals surface area contributed by atoms with E-state index in [0.717, 1.165) is 18.4 Å². The van der Waals surface area contributed by atoms with Crippen molar-refractivity contribution in [2.24, 2.45) is 0 Å². The first kappa shape index (κ1) is 50.4. The molecule has 6 amide bonds. The topological polar surface area (TPSA) is 167 Å². The van der Waals surface area contributed by atoms with Gasteiger partial charge in [-0.15, -0.1) is 0 Å². The summed E-state index contributed by atoms with van der Waals surface area (Å²) in [5.41, 5.74) is 4.22. The van der Waals surface area contributed by atoms with Crippen LogP contribution >= 0.6 is 0 Å². The number of hydrogen-bond donors (Lipinski definition) is 2. The second-order valence-electron chi connectivity index (χ2n) is 17.6. The van der Waals surface area contributed by atoms with Gasteiger partial charge in [-0.25, -0.2) is 0 Å². The van der Waals surface area contributed by atoms with Crippen LogP contribution in [0.25, 0.3) is 0 Å². The molecule has 0 aliphatic carbocycles. The molecule has 3 aromatic rings. The molecule has 354 valence electrons. The van der Waals surface area contributed by atoms with Crippen LogP contribution in [0, 0.1) is 0 Å². The molecule has 6 rings (SSSR count).